The number of ether oxygens (including phenoxy) is 1. The van der Waals surface area contributed by atoms with Crippen molar-refractivity contribution in [1.29, 1.82) is 0 Å². The molecule has 2 aliphatic heterocycles. The van der Waals surface area contributed by atoms with Gasteiger partial charge in [0.25, 0.3) is 5.91 Å². The van der Waals surface area contributed by atoms with Crippen LogP contribution in [-0.2, 0) is 23.9 Å². The Morgan fingerprint density at radius 1 is 1.29 bits per heavy atom. The van der Waals surface area contributed by atoms with Crippen LogP contribution in [0.15, 0.2) is 0 Å². The van der Waals surface area contributed by atoms with Crippen LogP contribution in [0.3, 0.4) is 0 Å². The molecule has 9 nitrogen and oxygen atoms in total. The molecule has 3 amide bonds. The molecule has 2 heterocycles. The van der Waals surface area contributed by atoms with Crippen molar-refractivity contribution in [1.82, 2.24) is 15.5 Å². The predicted molar refractivity (Wildman–Crippen MR) is 112 cm³/mol. The SMILES string of the molecule is CC(C)C[C@H](O)C(=O)N1CC2(CC2)C[C@H]1C(=O)N[C@H](C[C@H]1CCNC1=O)C(=O)COC(F)(F)F. The summed E-state index contributed by atoms with van der Waals surface area (Å²) in [5.41, 5.74) is -0.209. The highest BCUT2D eigenvalue weighted by molar-refractivity contribution is 5.95. The number of aliphatic hydroxyl groups is 1. The van der Waals surface area contributed by atoms with E-state index in [1.54, 1.807) is 0 Å². The van der Waals surface area contributed by atoms with Crippen molar-refractivity contribution in [3.8, 4) is 0 Å². The first-order chi connectivity index (χ1) is 15.8. The number of hydrogen-bond donors (Lipinski definition) is 3. The number of halogens is 3. The van der Waals surface area contributed by atoms with Crippen molar-refractivity contribution in [3.63, 3.8) is 0 Å². The maximum Gasteiger partial charge on any atom is 0.522 e. The molecule has 2 saturated heterocycles. The van der Waals surface area contributed by atoms with Crippen LogP contribution in [0, 0.1) is 17.3 Å². The molecule has 3 N–H and O–H groups in total. The molecule has 0 radical (unpaired) electrons. The molecule has 1 spiro atoms. The molecule has 12 heteroatoms. The second-order valence-electron chi connectivity index (χ2n) is 10.1. The number of amides is 3. The largest absolute Gasteiger partial charge is 0.522 e. The van der Waals surface area contributed by atoms with Gasteiger partial charge in [-0.15, -0.1) is 13.2 Å². The van der Waals surface area contributed by atoms with Gasteiger partial charge in [-0.25, -0.2) is 0 Å². The highest BCUT2D eigenvalue weighted by atomic mass is 19.4. The van der Waals surface area contributed by atoms with Gasteiger partial charge < -0.3 is 20.6 Å². The molecule has 192 valence electrons. The van der Waals surface area contributed by atoms with Crippen molar-refractivity contribution >= 4 is 23.5 Å². The third-order valence-electron chi connectivity index (χ3n) is 6.80. The zero-order valence-corrected chi connectivity index (χ0v) is 19.3. The van der Waals surface area contributed by atoms with E-state index < -0.39 is 54.7 Å². The number of alkyl halides is 3. The summed E-state index contributed by atoms with van der Waals surface area (Å²) in [6, 6.07) is -2.33. The van der Waals surface area contributed by atoms with Crippen molar-refractivity contribution in [2.75, 3.05) is 19.7 Å². The van der Waals surface area contributed by atoms with Crippen LogP contribution in [-0.4, -0.2) is 77.8 Å². The van der Waals surface area contributed by atoms with Gasteiger partial charge in [-0.1, -0.05) is 13.8 Å². The Morgan fingerprint density at radius 2 is 1.97 bits per heavy atom. The molecular formula is C22H32F3N3O6. The Kier molecular flexibility index (Phi) is 7.91. The zero-order valence-electron chi connectivity index (χ0n) is 19.3. The zero-order chi connectivity index (χ0) is 25.3. The molecule has 1 aliphatic carbocycles. The fourth-order valence-electron chi connectivity index (χ4n) is 4.75. The van der Waals surface area contributed by atoms with E-state index in [2.05, 4.69) is 15.4 Å². The molecule has 0 unspecified atom stereocenters. The quantitative estimate of drug-likeness (QED) is 0.417. The first-order valence-corrected chi connectivity index (χ1v) is 11.6. The average Bonchev–Trinajstić information content (AvgIpc) is 3.19. The number of nitrogens with one attached hydrogen (secondary N) is 2. The number of rotatable bonds is 10. The first kappa shape index (κ1) is 26.4. The van der Waals surface area contributed by atoms with E-state index >= 15 is 0 Å². The van der Waals surface area contributed by atoms with Gasteiger partial charge >= 0.3 is 6.36 Å². The van der Waals surface area contributed by atoms with Crippen LogP contribution < -0.4 is 10.6 Å². The summed E-state index contributed by atoms with van der Waals surface area (Å²) in [6.45, 7) is 3.09. The van der Waals surface area contributed by atoms with Gasteiger partial charge in [0.1, 0.15) is 18.8 Å². The van der Waals surface area contributed by atoms with Crippen LogP contribution in [0.2, 0.25) is 0 Å². The van der Waals surface area contributed by atoms with Gasteiger partial charge in [0, 0.05) is 19.0 Å². The number of nitrogens with zero attached hydrogens (tertiary/aromatic N) is 1. The molecule has 3 rings (SSSR count). The fourth-order valence-corrected chi connectivity index (χ4v) is 4.75. The second kappa shape index (κ2) is 10.2. The highest BCUT2D eigenvalue weighted by Crippen LogP contribution is 2.55. The summed E-state index contributed by atoms with van der Waals surface area (Å²) in [4.78, 5) is 51.9. The number of Topliss-reactive ketones (excluding diaryl/α,β-unsaturated/α-hetero) is 1. The number of hydrogen-bond acceptors (Lipinski definition) is 6. The van der Waals surface area contributed by atoms with Crippen LogP contribution in [0.25, 0.3) is 0 Å². The summed E-state index contributed by atoms with van der Waals surface area (Å²) < 4.78 is 41.0. The van der Waals surface area contributed by atoms with Crippen LogP contribution in [0.1, 0.15) is 52.4 Å². The summed E-state index contributed by atoms with van der Waals surface area (Å²) in [7, 11) is 0. The smallest absolute Gasteiger partial charge is 0.383 e. The molecule has 34 heavy (non-hydrogen) atoms. The minimum Gasteiger partial charge on any atom is -0.383 e. The fraction of sp³-hybridized carbons (Fsp3) is 0.818. The van der Waals surface area contributed by atoms with Gasteiger partial charge in [0.2, 0.25) is 11.8 Å². The van der Waals surface area contributed by atoms with E-state index in [1.807, 2.05) is 13.8 Å². The molecule has 1 saturated carbocycles. The van der Waals surface area contributed by atoms with Crippen LogP contribution in [0.4, 0.5) is 13.2 Å². The van der Waals surface area contributed by atoms with E-state index in [-0.39, 0.29) is 30.1 Å². The molecule has 0 aromatic rings. The lowest BCUT2D eigenvalue weighted by molar-refractivity contribution is -0.321. The lowest BCUT2D eigenvalue weighted by Crippen LogP contribution is -2.53. The third kappa shape index (κ3) is 6.68. The normalized spacial score (nSPS) is 25.4. The summed E-state index contributed by atoms with van der Waals surface area (Å²) in [5, 5.41) is 15.4. The molecule has 0 aromatic carbocycles. The monoisotopic (exact) mass is 491 g/mol. The van der Waals surface area contributed by atoms with Gasteiger partial charge in [-0.2, -0.15) is 0 Å². The van der Waals surface area contributed by atoms with E-state index in [1.165, 1.54) is 4.90 Å². The maximum atomic E-state index is 13.2. The minimum atomic E-state index is -5.02. The lowest BCUT2D eigenvalue weighted by Gasteiger charge is -2.28. The minimum absolute atomic E-state index is 0.0527. The topological polar surface area (TPSA) is 125 Å². The van der Waals surface area contributed by atoms with Gasteiger partial charge in [-0.05, 0) is 49.9 Å². The number of carbonyl (C=O) groups excluding carboxylic acids is 4. The Bertz CT molecular complexity index is 814. The Balaban J connectivity index is 1.73. The number of likely N-dealkylation sites (tertiary alicyclic amines) is 1. The van der Waals surface area contributed by atoms with Crippen LogP contribution >= 0.6 is 0 Å². The van der Waals surface area contributed by atoms with Gasteiger partial charge in [-0.3, -0.25) is 23.9 Å². The standard InChI is InChI=1S/C22H32F3N3O6/c1-12(2)7-16(29)20(33)28-11-21(4-5-21)9-15(28)19(32)27-14(8-13-3-6-26-18(13)31)17(30)10-34-22(23,24)25/h12-16,29H,3-11H2,1-2H3,(H,26,31)(H,27,32)/t13-,14-,15+,16+/m1/s1. The number of ketones is 1. The van der Waals surface area contributed by atoms with Gasteiger partial charge in [0.05, 0.1) is 6.04 Å². The van der Waals surface area contributed by atoms with Crippen molar-refractivity contribution < 1.29 is 42.2 Å². The van der Waals surface area contributed by atoms with Crippen molar-refractivity contribution in [2.45, 2.75) is 76.9 Å². The van der Waals surface area contributed by atoms with E-state index in [4.69, 9.17) is 0 Å². The van der Waals surface area contributed by atoms with E-state index in [9.17, 15) is 37.5 Å². The van der Waals surface area contributed by atoms with Crippen molar-refractivity contribution in [3.05, 3.63) is 0 Å². The molecule has 4 atom stereocenters. The molecule has 3 aliphatic rings. The Morgan fingerprint density at radius 3 is 2.50 bits per heavy atom. The predicted octanol–water partition coefficient (Wildman–Crippen LogP) is 0.891. The summed E-state index contributed by atoms with van der Waals surface area (Å²) in [5.74, 6) is -3.19. The number of aliphatic hydroxyl groups excluding tert-OH is 1. The lowest BCUT2D eigenvalue weighted by atomic mass is 9.95. The third-order valence-corrected chi connectivity index (χ3v) is 6.80. The van der Waals surface area contributed by atoms with E-state index in [0.29, 0.717) is 25.9 Å². The van der Waals surface area contributed by atoms with E-state index in [0.717, 1.165) is 12.8 Å². The number of carbonyl (C=O) groups is 4. The molecule has 3 fully saturated rings. The van der Waals surface area contributed by atoms with Crippen molar-refractivity contribution in [2.24, 2.45) is 17.3 Å². The first-order valence-electron chi connectivity index (χ1n) is 11.6. The average molecular weight is 492 g/mol. The second-order valence-corrected chi connectivity index (χ2v) is 10.1. The highest BCUT2D eigenvalue weighted by Gasteiger charge is 2.56. The summed E-state index contributed by atoms with van der Waals surface area (Å²) >= 11 is 0. The Labute approximate surface area is 195 Å². The molecule has 0 bridgehead atoms. The maximum absolute atomic E-state index is 13.2. The molecule has 0 aromatic heterocycles. The molecular weight excluding hydrogens is 459 g/mol. The Hall–Kier alpha value is -2.21. The summed E-state index contributed by atoms with van der Waals surface area (Å²) in [6.07, 6.45) is -3.85. The van der Waals surface area contributed by atoms with Gasteiger partial charge in [0.15, 0.2) is 5.78 Å². The van der Waals surface area contributed by atoms with Crippen LogP contribution in [0.5, 0.6) is 0 Å².